The van der Waals surface area contributed by atoms with Crippen LogP contribution in [0.25, 0.3) is 0 Å². The van der Waals surface area contributed by atoms with Gasteiger partial charge in [0.15, 0.2) is 0 Å². The van der Waals surface area contributed by atoms with Crippen molar-refractivity contribution < 1.29 is 28.3 Å². The van der Waals surface area contributed by atoms with Crippen LogP contribution >= 0.6 is 11.8 Å². The smallest absolute Gasteiger partial charge is 0.326 e. The largest absolute Gasteiger partial charge is 0.480 e. The molecule has 21 heavy (non-hydrogen) atoms. The molecule has 0 radical (unpaired) electrons. The van der Waals surface area contributed by atoms with E-state index in [-0.39, 0.29) is 10.6 Å². The van der Waals surface area contributed by atoms with Gasteiger partial charge in [-0.15, -0.1) is 11.8 Å². The predicted molar refractivity (Wildman–Crippen MR) is 70.5 cm³/mol. The van der Waals surface area contributed by atoms with Crippen molar-refractivity contribution in [2.45, 2.75) is 17.4 Å². The molecule has 0 fully saturated rings. The third-order valence-electron chi connectivity index (χ3n) is 2.29. The van der Waals surface area contributed by atoms with Gasteiger partial charge in [0.1, 0.15) is 17.7 Å². The van der Waals surface area contributed by atoms with Gasteiger partial charge in [0, 0.05) is 11.0 Å². The molecule has 9 heteroatoms. The van der Waals surface area contributed by atoms with Gasteiger partial charge in [-0.1, -0.05) is 0 Å². The predicted octanol–water partition coefficient (Wildman–Crippen LogP) is 0.502. The van der Waals surface area contributed by atoms with E-state index < -0.39 is 41.9 Å². The number of hydrogen-bond acceptors (Lipinski definition) is 4. The van der Waals surface area contributed by atoms with E-state index in [1.807, 2.05) is 0 Å². The van der Waals surface area contributed by atoms with Crippen molar-refractivity contribution in [2.75, 3.05) is 5.75 Å². The summed E-state index contributed by atoms with van der Waals surface area (Å²) in [6, 6.07) is 1.44. The van der Waals surface area contributed by atoms with Gasteiger partial charge >= 0.3 is 5.97 Å². The van der Waals surface area contributed by atoms with Crippen LogP contribution in [0.4, 0.5) is 8.78 Å². The molecule has 1 aromatic rings. The Bertz CT molecular complexity index is 568. The van der Waals surface area contributed by atoms with Gasteiger partial charge in [-0.2, -0.15) is 0 Å². The van der Waals surface area contributed by atoms with Crippen LogP contribution in [0.3, 0.4) is 0 Å². The zero-order valence-electron chi connectivity index (χ0n) is 10.6. The lowest BCUT2D eigenvalue weighted by Gasteiger charge is -2.12. The van der Waals surface area contributed by atoms with E-state index in [1.54, 1.807) is 0 Å². The number of carbonyl (C=O) groups is 3. The highest BCUT2D eigenvalue weighted by Crippen LogP contribution is 2.22. The van der Waals surface area contributed by atoms with Crippen molar-refractivity contribution in [3.63, 3.8) is 0 Å². The highest BCUT2D eigenvalue weighted by molar-refractivity contribution is 8.00. The van der Waals surface area contributed by atoms with E-state index in [0.29, 0.717) is 6.07 Å². The molecule has 4 N–H and O–H groups in total. The minimum Gasteiger partial charge on any atom is -0.480 e. The van der Waals surface area contributed by atoms with E-state index in [2.05, 4.69) is 5.32 Å². The number of halogens is 2. The SMILES string of the molecule is NC(=O)CC(NC(=O)CSc1ccc(F)cc1F)C(=O)O. The quantitative estimate of drug-likeness (QED) is 0.634. The Hall–Kier alpha value is -2.16. The molecule has 0 aromatic heterocycles. The second kappa shape index (κ2) is 7.58. The first-order valence-corrected chi connectivity index (χ1v) is 6.66. The van der Waals surface area contributed by atoms with E-state index >= 15 is 0 Å². The molecule has 0 aliphatic rings. The lowest BCUT2D eigenvalue weighted by atomic mass is 10.2. The Morgan fingerprint density at radius 2 is 2.00 bits per heavy atom. The van der Waals surface area contributed by atoms with Crippen LogP contribution < -0.4 is 11.1 Å². The lowest BCUT2D eigenvalue weighted by Crippen LogP contribution is -2.44. The monoisotopic (exact) mass is 318 g/mol. The summed E-state index contributed by atoms with van der Waals surface area (Å²) in [5.41, 5.74) is 4.86. The standard InChI is InChI=1S/C12H12F2N2O4S/c13-6-1-2-9(7(14)3-6)21-5-11(18)16-8(12(19)20)4-10(15)17/h1-3,8H,4-5H2,(H2,15,17)(H,16,18)(H,19,20). The van der Waals surface area contributed by atoms with Gasteiger partial charge in [0.25, 0.3) is 0 Å². The molecule has 0 saturated heterocycles. The second-order valence-corrected chi connectivity index (χ2v) is 5.01. The normalized spacial score (nSPS) is 11.7. The molecule has 0 aliphatic heterocycles. The molecule has 114 valence electrons. The number of nitrogens with two attached hydrogens (primary N) is 1. The molecule has 1 unspecified atom stereocenters. The molecule has 2 amide bonds. The zero-order valence-corrected chi connectivity index (χ0v) is 11.5. The average molecular weight is 318 g/mol. The van der Waals surface area contributed by atoms with Crippen LogP contribution in [-0.4, -0.2) is 34.7 Å². The minimum atomic E-state index is -1.44. The number of aliphatic carboxylic acids is 1. The zero-order chi connectivity index (χ0) is 16.0. The molecular weight excluding hydrogens is 306 g/mol. The molecule has 1 rings (SSSR count). The number of carboxylic acids is 1. The Kier molecular flexibility index (Phi) is 6.10. The number of amides is 2. The summed E-state index contributed by atoms with van der Waals surface area (Å²) in [7, 11) is 0. The van der Waals surface area contributed by atoms with Crippen LogP contribution in [0.5, 0.6) is 0 Å². The van der Waals surface area contributed by atoms with Crippen molar-refractivity contribution in [1.29, 1.82) is 0 Å². The molecule has 0 aliphatic carbocycles. The highest BCUT2D eigenvalue weighted by atomic mass is 32.2. The van der Waals surface area contributed by atoms with Crippen molar-refractivity contribution in [1.82, 2.24) is 5.32 Å². The number of thioether (sulfide) groups is 1. The van der Waals surface area contributed by atoms with E-state index in [4.69, 9.17) is 10.8 Å². The van der Waals surface area contributed by atoms with E-state index in [9.17, 15) is 23.2 Å². The summed E-state index contributed by atoms with van der Waals surface area (Å²) in [4.78, 5) is 33.1. The number of carboxylic acid groups (broad SMARTS) is 1. The first kappa shape index (κ1) is 16.9. The topological polar surface area (TPSA) is 109 Å². The van der Waals surface area contributed by atoms with Gasteiger partial charge in [0.05, 0.1) is 12.2 Å². The van der Waals surface area contributed by atoms with Gasteiger partial charge < -0.3 is 16.2 Å². The summed E-state index contributed by atoms with van der Waals surface area (Å²) in [5, 5.41) is 10.9. The molecular formula is C12H12F2N2O4S. The van der Waals surface area contributed by atoms with Gasteiger partial charge in [-0.25, -0.2) is 13.6 Å². The Balaban J connectivity index is 2.56. The molecule has 6 nitrogen and oxygen atoms in total. The molecule has 0 saturated carbocycles. The van der Waals surface area contributed by atoms with Crippen molar-refractivity contribution in [3.05, 3.63) is 29.8 Å². The van der Waals surface area contributed by atoms with Crippen molar-refractivity contribution >= 4 is 29.5 Å². The minimum absolute atomic E-state index is 0.0494. The maximum Gasteiger partial charge on any atom is 0.326 e. The Morgan fingerprint density at radius 3 is 2.52 bits per heavy atom. The maximum absolute atomic E-state index is 13.3. The fraction of sp³-hybridized carbons (Fsp3) is 0.250. The summed E-state index contributed by atoms with van der Waals surface area (Å²) < 4.78 is 26.0. The molecule has 0 bridgehead atoms. The summed E-state index contributed by atoms with van der Waals surface area (Å²) in [5.74, 6) is -4.84. The first-order chi connectivity index (χ1) is 9.79. The van der Waals surface area contributed by atoms with Crippen LogP contribution in [0.1, 0.15) is 6.42 Å². The third kappa shape index (κ3) is 5.78. The van der Waals surface area contributed by atoms with Gasteiger partial charge in [-0.3, -0.25) is 9.59 Å². The Morgan fingerprint density at radius 1 is 1.33 bits per heavy atom. The van der Waals surface area contributed by atoms with Crippen LogP contribution in [0.15, 0.2) is 23.1 Å². The fourth-order valence-corrected chi connectivity index (χ4v) is 2.10. The van der Waals surface area contributed by atoms with Crippen molar-refractivity contribution in [3.8, 4) is 0 Å². The first-order valence-electron chi connectivity index (χ1n) is 5.68. The number of primary amides is 1. The van der Waals surface area contributed by atoms with Crippen LogP contribution in [-0.2, 0) is 14.4 Å². The van der Waals surface area contributed by atoms with Crippen LogP contribution in [0.2, 0.25) is 0 Å². The maximum atomic E-state index is 13.3. The third-order valence-corrected chi connectivity index (χ3v) is 3.34. The highest BCUT2D eigenvalue weighted by Gasteiger charge is 2.22. The second-order valence-electron chi connectivity index (χ2n) is 3.99. The summed E-state index contributed by atoms with van der Waals surface area (Å²) in [6.07, 6.45) is -0.545. The van der Waals surface area contributed by atoms with E-state index in [0.717, 1.165) is 17.8 Å². The average Bonchev–Trinajstić information content (AvgIpc) is 2.36. The Labute approximate surface area is 122 Å². The molecule has 0 spiro atoms. The molecule has 1 atom stereocenters. The fourth-order valence-electron chi connectivity index (χ4n) is 1.37. The number of nitrogens with one attached hydrogen (secondary N) is 1. The molecule has 0 heterocycles. The number of rotatable bonds is 7. The van der Waals surface area contributed by atoms with E-state index in [1.165, 1.54) is 6.07 Å². The number of benzene rings is 1. The van der Waals surface area contributed by atoms with Crippen LogP contribution in [0, 0.1) is 11.6 Å². The molecule has 1 aromatic carbocycles. The van der Waals surface area contributed by atoms with Crippen molar-refractivity contribution in [2.24, 2.45) is 5.73 Å². The number of hydrogen-bond donors (Lipinski definition) is 3. The van der Waals surface area contributed by atoms with Gasteiger partial charge in [0.2, 0.25) is 11.8 Å². The summed E-state index contributed by atoms with van der Waals surface area (Å²) in [6.45, 7) is 0. The summed E-state index contributed by atoms with van der Waals surface area (Å²) >= 11 is 0.774. The van der Waals surface area contributed by atoms with Gasteiger partial charge in [-0.05, 0) is 12.1 Å². The lowest BCUT2D eigenvalue weighted by molar-refractivity contribution is -0.143. The number of carbonyl (C=O) groups excluding carboxylic acids is 2.